The summed E-state index contributed by atoms with van der Waals surface area (Å²) in [6, 6.07) is 11.3. The van der Waals surface area contributed by atoms with E-state index < -0.39 is 6.04 Å². The Hall–Kier alpha value is -2.89. The van der Waals surface area contributed by atoms with E-state index in [9.17, 15) is 14.0 Å². The molecule has 1 fully saturated rings. The molecule has 2 aromatic rings. The topological polar surface area (TPSA) is 58.6 Å². The highest BCUT2D eigenvalue weighted by Gasteiger charge is 2.30. The monoisotopic (exact) mass is 440 g/mol. The summed E-state index contributed by atoms with van der Waals surface area (Å²) < 4.78 is 19.1. The first kappa shape index (κ1) is 23.8. The van der Waals surface area contributed by atoms with Crippen molar-refractivity contribution in [3.63, 3.8) is 0 Å². The minimum atomic E-state index is -0.614. The highest BCUT2D eigenvalue weighted by atomic mass is 19.1. The van der Waals surface area contributed by atoms with Crippen molar-refractivity contribution in [1.82, 2.24) is 10.2 Å². The summed E-state index contributed by atoms with van der Waals surface area (Å²) in [5, 5.41) is 3.11. The van der Waals surface area contributed by atoms with Gasteiger partial charge in [-0.1, -0.05) is 38.0 Å². The van der Waals surface area contributed by atoms with Crippen molar-refractivity contribution in [1.29, 1.82) is 0 Å². The molecule has 1 atom stereocenters. The second-order valence-electron chi connectivity index (χ2n) is 8.60. The lowest BCUT2D eigenvalue weighted by molar-refractivity contribution is -0.143. The predicted octanol–water partition coefficient (Wildman–Crippen LogP) is 4.69. The van der Waals surface area contributed by atoms with Gasteiger partial charge in [0.1, 0.15) is 17.6 Å². The van der Waals surface area contributed by atoms with Crippen LogP contribution >= 0.6 is 0 Å². The van der Waals surface area contributed by atoms with Crippen molar-refractivity contribution in [2.24, 2.45) is 0 Å². The van der Waals surface area contributed by atoms with E-state index in [2.05, 4.69) is 5.32 Å². The standard InChI is InChI=1S/C26H33FN2O3/c1-4-24(26(31)28-22-7-5-6-8-22)29(16-20-10-12-21(27)13-11-20)25(30)17-32-23-14-9-18(2)19(3)15-23/h9-15,22,24H,4-8,16-17H2,1-3H3,(H,28,31)/t24-/m1/s1. The molecule has 0 aliphatic heterocycles. The van der Waals surface area contributed by atoms with Crippen LogP contribution in [-0.2, 0) is 16.1 Å². The van der Waals surface area contributed by atoms with Crippen LogP contribution in [0.2, 0.25) is 0 Å². The molecule has 1 aliphatic carbocycles. The molecule has 2 amide bonds. The fourth-order valence-electron chi connectivity index (χ4n) is 4.11. The van der Waals surface area contributed by atoms with E-state index in [0.717, 1.165) is 42.4 Å². The molecule has 1 aliphatic rings. The number of carbonyl (C=O) groups is 2. The summed E-state index contributed by atoms with van der Waals surface area (Å²) in [6.07, 6.45) is 4.66. The summed E-state index contributed by atoms with van der Waals surface area (Å²) in [4.78, 5) is 27.9. The van der Waals surface area contributed by atoms with Crippen molar-refractivity contribution in [2.75, 3.05) is 6.61 Å². The van der Waals surface area contributed by atoms with Gasteiger partial charge in [-0.15, -0.1) is 0 Å². The number of hydrogen-bond donors (Lipinski definition) is 1. The maximum atomic E-state index is 13.4. The Bertz CT molecular complexity index is 923. The summed E-state index contributed by atoms with van der Waals surface area (Å²) in [6.45, 7) is 5.95. The van der Waals surface area contributed by atoms with Gasteiger partial charge in [0.25, 0.3) is 5.91 Å². The molecule has 0 saturated heterocycles. The zero-order valence-electron chi connectivity index (χ0n) is 19.2. The van der Waals surface area contributed by atoms with Crippen molar-refractivity contribution >= 4 is 11.8 Å². The summed E-state index contributed by atoms with van der Waals surface area (Å²) in [5.41, 5.74) is 3.00. The van der Waals surface area contributed by atoms with Crippen LogP contribution in [0.25, 0.3) is 0 Å². The van der Waals surface area contributed by atoms with Crippen molar-refractivity contribution in [3.8, 4) is 5.75 Å². The van der Waals surface area contributed by atoms with Crippen molar-refractivity contribution in [3.05, 3.63) is 65.0 Å². The van der Waals surface area contributed by atoms with E-state index >= 15 is 0 Å². The van der Waals surface area contributed by atoms with Gasteiger partial charge < -0.3 is 15.0 Å². The number of aryl methyl sites for hydroxylation is 2. The molecular formula is C26H33FN2O3. The highest BCUT2D eigenvalue weighted by Crippen LogP contribution is 2.20. The minimum absolute atomic E-state index is 0.138. The Morgan fingerprint density at radius 2 is 1.78 bits per heavy atom. The lowest BCUT2D eigenvalue weighted by atomic mass is 10.1. The molecule has 32 heavy (non-hydrogen) atoms. The van der Waals surface area contributed by atoms with Crippen LogP contribution in [0.4, 0.5) is 4.39 Å². The molecule has 2 aromatic carbocycles. The van der Waals surface area contributed by atoms with E-state index in [1.807, 2.05) is 39.0 Å². The molecule has 0 radical (unpaired) electrons. The summed E-state index contributed by atoms with van der Waals surface area (Å²) in [7, 11) is 0. The van der Waals surface area contributed by atoms with Gasteiger partial charge in [-0.2, -0.15) is 0 Å². The van der Waals surface area contributed by atoms with Gasteiger partial charge in [0, 0.05) is 12.6 Å². The Morgan fingerprint density at radius 1 is 1.09 bits per heavy atom. The van der Waals surface area contributed by atoms with Gasteiger partial charge in [-0.05, 0) is 74.1 Å². The number of ether oxygens (including phenoxy) is 1. The number of hydrogen-bond acceptors (Lipinski definition) is 3. The predicted molar refractivity (Wildman–Crippen MR) is 123 cm³/mol. The summed E-state index contributed by atoms with van der Waals surface area (Å²) in [5.74, 6) is -0.135. The fourth-order valence-corrected chi connectivity index (χ4v) is 4.11. The Morgan fingerprint density at radius 3 is 2.41 bits per heavy atom. The van der Waals surface area contributed by atoms with Crippen molar-refractivity contribution in [2.45, 2.75) is 71.5 Å². The number of nitrogens with one attached hydrogen (secondary N) is 1. The molecule has 5 nitrogen and oxygen atoms in total. The second kappa shape index (κ2) is 11.1. The van der Waals surface area contributed by atoms with E-state index in [1.54, 1.807) is 17.0 Å². The number of nitrogens with zero attached hydrogens (tertiary/aromatic N) is 1. The van der Waals surface area contributed by atoms with Gasteiger partial charge in [0.05, 0.1) is 0 Å². The number of rotatable bonds is 9. The first-order valence-electron chi connectivity index (χ1n) is 11.4. The quantitative estimate of drug-likeness (QED) is 0.616. The zero-order valence-corrected chi connectivity index (χ0v) is 19.2. The van der Waals surface area contributed by atoms with Crippen LogP contribution in [0.5, 0.6) is 5.75 Å². The third-order valence-electron chi connectivity index (χ3n) is 6.19. The lowest BCUT2D eigenvalue weighted by Gasteiger charge is -2.31. The Kier molecular flexibility index (Phi) is 8.26. The van der Waals surface area contributed by atoms with E-state index in [0.29, 0.717) is 12.2 Å². The molecule has 0 aromatic heterocycles. The third kappa shape index (κ3) is 6.31. The minimum Gasteiger partial charge on any atom is -0.484 e. The van der Waals surface area contributed by atoms with Gasteiger partial charge in [-0.3, -0.25) is 9.59 Å². The average Bonchev–Trinajstić information content (AvgIpc) is 3.28. The van der Waals surface area contributed by atoms with E-state index in [4.69, 9.17) is 4.74 Å². The molecular weight excluding hydrogens is 407 g/mol. The van der Waals surface area contributed by atoms with E-state index in [-0.39, 0.29) is 36.8 Å². The molecule has 6 heteroatoms. The molecule has 0 heterocycles. The van der Waals surface area contributed by atoms with Gasteiger partial charge in [0.15, 0.2) is 6.61 Å². The molecule has 1 saturated carbocycles. The average molecular weight is 441 g/mol. The van der Waals surface area contributed by atoms with Crippen LogP contribution in [0.3, 0.4) is 0 Å². The fraction of sp³-hybridized carbons (Fsp3) is 0.462. The Balaban J connectivity index is 1.75. The van der Waals surface area contributed by atoms with Crippen LogP contribution < -0.4 is 10.1 Å². The third-order valence-corrected chi connectivity index (χ3v) is 6.19. The normalized spacial score (nSPS) is 14.8. The van der Waals surface area contributed by atoms with Gasteiger partial charge in [-0.25, -0.2) is 4.39 Å². The smallest absolute Gasteiger partial charge is 0.261 e. The van der Waals surface area contributed by atoms with Crippen LogP contribution in [0.1, 0.15) is 55.7 Å². The first-order chi connectivity index (χ1) is 15.4. The lowest BCUT2D eigenvalue weighted by Crippen LogP contribution is -2.52. The number of benzene rings is 2. The maximum absolute atomic E-state index is 13.4. The van der Waals surface area contributed by atoms with Crippen LogP contribution in [0, 0.1) is 19.7 Å². The first-order valence-corrected chi connectivity index (χ1v) is 11.4. The largest absolute Gasteiger partial charge is 0.484 e. The molecule has 3 rings (SSSR count). The molecule has 0 unspecified atom stereocenters. The van der Waals surface area contributed by atoms with Gasteiger partial charge in [0.2, 0.25) is 5.91 Å². The van der Waals surface area contributed by atoms with E-state index in [1.165, 1.54) is 12.1 Å². The molecule has 0 bridgehead atoms. The maximum Gasteiger partial charge on any atom is 0.261 e. The SMILES string of the molecule is CC[C@H](C(=O)NC1CCCC1)N(Cc1ccc(F)cc1)C(=O)COc1ccc(C)c(C)c1. The molecule has 0 spiro atoms. The molecule has 172 valence electrons. The van der Waals surface area contributed by atoms with Crippen LogP contribution in [0.15, 0.2) is 42.5 Å². The number of amides is 2. The van der Waals surface area contributed by atoms with Gasteiger partial charge >= 0.3 is 0 Å². The zero-order chi connectivity index (χ0) is 23.1. The molecule has 1 N–H and O–H groups in total. The van der Waals surface area contributed by atoms with Crippen molar-refractivity contribution < 1.29 is 18.7 Å². The number of carbonyl (C=O) groups excluding carboxylic acids is 2. The second-order valence-corrected chi connectivity index (χ2v) is 8.60. The Labute approximate surface area is 190 Å². The number of halogens is 1. The highest BCUT2D eigenvalue weighted by molar-refractivity contribution is 5.88. The summed E-state index contributed by atoms with van der Waals surface area (Å²) >= 11 is 0. The van der Waals surface area contributed by atoms with Crippen LogP contribution in [-0.4, -0.2) is 35.4 Å².